The maximum absolute atomic E-state index is 9.32. The molecule has 0 amide bonds. The van der Waals surface area contributed by atoms with Crippen LogP contribution in [0.5, 0.6) is 0 Å². The Bertz CT molecular complexity index is 162. The molecule has 7 nitrogen and oxygen atoms in total. The van der Waals surface area contributed by atoms with Gasteiger partial charge in [0.2, 0.25) is 0 Å². The number of rotatable bonds is 2. The zero-order valence-electron chi connectivity index (χ0n) is 5.11. The van der Waals surface area contributed by atoms with Crippen LogP contribution in [0.4, 0.5) is 0 Å². The third-order valence-corrected chi connectivity index (χ3v) is 1.80. The first-order chi connectivity index (χ1) is 3.71. The van der Waals surface area contributed by atoms with E-state index >= 15 is 0 Å². The minimum Gasteiger partial charge on any atom is -0.790 e. The van der Waals surface area contributed by atoms with Crippen molar-refractivity contribution in [2.24, 2.45) is 0 Å². The number of hydrogen-bond donors (Lipinski definition) is 0. The molecule has 0 saturated carbocycles. The fraction of sp³-hybridized carbons (Fsp3) is 0. The molecule has 0 atom stereocenters. The van der Waals surface area contributed by atoms with Crippen LogP contribution in [0.2, 0.25) is 0 Å². The molecule has 0 aromatic heterocycles. The van der Waals surface area contributed by atoms with Crippen LogP contribution in [0.25, 0.3) is 0 Å². The number of hydrogen-bond acceptors (Lipinski definition) is 7. The largest absolute Gasteiger partial charge is 2.00 e. The van der Waals surface area contributed by atoms with Gasteiger partial charge < -0.3 is 33.0 Å². The second-order valence-electron chi connectivity index (χ2n) is 0.976. The van der Waals surface area contributed by atoms with E-state index < -0.39 is 15.6 Å². The second kappa shape index (κ2) is 8.21. The average molecular weight is 357 g/mol. The van der Waals surface area contributed by atoms with Gasteiger partial charge in [-0.15, -0.1) is 0 Å². The summed E-state index contributed by atoms with van der Waals surface area (Å²) in [6.45, 7) is 0. The van der Waals surface area contributed by atoms with Crippen LogP contribution in [0.1, 0.15) is 0 Å². The molecule has 12 heavy (non-hydrogen) atoms. The van der Waals surface area contributed by atoms with Crippen LogP contribution in [0.3, 0.4) is 0 Å². The molecular formula is CoNiO7P2Zn. The van der Waals surface area contributed by atoms with Gasteiger partial charge in [-0.05, 0) is 0 Å². The van der Waals surface area contributed by atoms with E-state index in [0.29, 0.717) is 0 Å². The summed E-state index contributed by atoms with van der Waals surface area (Å²) in [5.74, 6) is 0. The van der Waals surface area contributed by atoms with Crippen LogP contribution in [0, 0.1) is 0 Å². The smallest absolute Gasteiger partial charge is 0.790 e. The van der Waals surface area contributed by atoms with Gasteiger partial charge in [-0.1, -0.05) is 0 Å². The summed E-state index contributed by atoms with van der Waals surface area (Å²) in [4.78, 5) is 37.3. The molecule has 0 bridgehead atoms. The molecule has 0 unspecified atom stereocenters. The van der Waals surface area contributed by atoms with Crippen molar-refractivity contribution in [2.45, 2.75) is 0 Å². The summed E-state index contributed by atoms with van der Waals surface area (Å²) >= 11 is 0. The Kier molecular flexibility index (Phi) is 16.1. The third-order valence-electron chi connectivity index (χ3n) is 0.200. The van der Waals surface area contributed by atoms with Crippen molar-refractivity contribution >= 4 is 15.6 Å². The molecule has 0 aliphatic carbocycles. The van der Waals surface area contributed by atoms with Crippen molar-refractivity contribution in [2.75, 3.05) is 0 Å². The molecule has 0 spiro atoms. The first-order valence-electron chi connectivity index (χ1n) is 1.46. The molecular weight excluding hydrogens is 357 g/mol. The second-order valence-corrected chi connectivity index (χ2v) is 3.42. The van der Waals surface area contributed by atoms with E-state index in [1.165, 1.54) is 0 Å². The Labute approximate surface area is 101 Å². The summed E-state index contributed by atoms with van der Waals surface area (Å²) in [5.41, 5.74) is 0. The summed E-state index contributed by atoms with van der Waals surface area (Å²) in [6, 6.07) is 0. The van der Waals surface area contributed by atoms with Crippen LogP contribution >= 0.6 is 15.6 Å². The molecule has 73 valence electrons. The van der Waals surface area contributed by atoms with Gasteiger partial charge in [-0.3, -0.25) is 0 Å². The molecule has 0 aromatic carbocycles. The van der Waals surface area contributed by atoms with Gasteiger partial charge in [-0.2, -0.15) is 0 Å². The van der Waals surface area contributed by atoms with Gasteiger partial charge in [0.05, 0.1) is 15.6 Å². The van der Waals surface area contributed by atoms with Crippen molar-refractivity contribution in [3.63, 3.8) is 0 Å². The monoisotopic (exact) mass is 355 g/mol. The van der Waals surface area contributed by atoms with E-state index in [0.717, 1.165) is 0 Å². The first kappa shape index (κ1) is 23.6. The quantitative estimate of drug-likeness (QED) is 0.372. The van der Waals surface area contributed by atoms with E-state index in [1.54, 1.807) is 0 Å². The Morgan fingerprint density at radius 2 is 1.08 bits per heavy atom. The van der Waals surface area contributed by atoms with Gasteiger partial charge in [0.1, 0.15) is 0 Å². The van der Waals surface area contributed by atoms with Gasteiger partial charge in [0.25, 0.3) is 0 Å². The van der Waals surface area contributed by atoms with Crippen molar-refractivity contribution in [3.8, 4) is 0 Å². The normalized spacial score (nSPS) is 10.3. The van der Waals surface area contributed by atoms with Crippen molar-refractivity contribution in [1.82, 2.24) is 0 Å². The van der Waals surface area contributed by atoms with Crippen LogP contribution in [-0.2, 0) is 66.2 Å². The minimum atomic E-state index is -5.68. The fourth-order valence-electron chi connectivity index (χ4n) is 0.122. The van der Waals surface area contributed by atoms with Crippen molar-refractivity contribution in [3.05, 3.63) is 0 Å². The molecule has 0 heterocycles. The molecule has 0 aliphatic heterocycles. The van der Waals surface area contributed by atoms with Gasteiger partial charge in [-0.25, -0.2) is 0 Å². The fourth-order valence-corrected chi connectivity index (χ4v) is 1.10. The first-order valence-corrected chi connectivity index (χ1v) is 4.38. The summed E-state index contributed by atoms with van der Waals surface area (Å²) in [7, 11) is -11.4. The van der Waals surface area contributed by atoms with E-state index in [4.69, 9.17) is 0 Å². The molecule has 0 rings (SSSR count). The van der Waals surface area contributed by atoms with E-state index in [1.807, 2.05) is 0 Å². The predicted molar refractivity (Wildman–Crippen MR) is 16.3 cm³/mol. The van der Waals surface area contributed by atoms with Crippen LogP contribution in [-0.4, -0.2) is 0 Å². The van der Waals surface area contributed by atoms with Crippen LogP contribution in [0.15, 0.2) is 0 Å². The van der Waals surface area contributed by atoms with Crippen LogP contribution < -0.4 is 19.6 Å². The third kappa shape index (κ3) is 22.6. The summed E-state index contributed by atoms with van der Waals surface area (Å²) in [5, 5.41) is 0. The standard InChI is InChI=1S/Co.Ni.H4O7P2.Zn/c;;1-8(2,3)7-9(4,5)6;/h;;(H2,1,2,3)(H2,4,5,6);/q2*+2;;/p-4. The molecule has 0 aromatic rings. The maximum Gasteiger partial charge on any atom is 2.00 e. The zero-order chi connectivity index (χ0) is 7.71. The maximum atomic E-state index is 9.32. The Morgan fingerprint density at radius 1 is 0.917 bits per heavy atom. The van der Waals surface area contributed by atoms with E-state index in [2.05, 4.69) is 4.31 Å². The van der Waals surface area contributed by atoms with Gasteiger partial charge in [0.15, 0.2) is 0 Å². The summed E-state index contributed by atoms with van der Waals surface area (Å²) < 4.78 is 21.2. The Hall–Kier alpha value is 1.88. The molecule has 0 saturated heterocycles. The summed E-state index contributed by atoms with van der Waals surface area (Å²) in [6.07, 6.45) is 0. The Balaban J connectivity index is -0.000000107. The molecule has 0 N–H and O–H groups in total. The zero-order valence-corrected chi connectivity index (χ0v) is 11.9. The van der Waals surface area contributed by atoms with Gasteiger partial charge in [0, 0.05) is 19.5 Å². The molecule has 0 aliphatic rings. The van der Waals surface area contributed by atoms with Crippen molar-refractivity contribution in [1.29, 1.82) is 0 Å². The predicted octanol–water partition coefficient (Wildman–Crippen LogP) is -3.35. The Morgan fingerprint density at radius 3 is 1.08 bits per heavy atom. The average Bonchev–Trinajstić information content (AvgIpc) is 1.14. The topological polar surface area (TPSA) is 136 Å². The molecule has 0 fully saturated rings. The van der Waals surface area contributed by atoms with E-state index in [9.17, 15) is 28.7 Å². The van der Waals surface area contributed by atoms with Gasteiger partial charge >= 0.3 is 33.3 Å². The minimum absolute atomic E-state index is 0. The van der Waals surface area contributed by atoms with E-state index in [-0.39, 0.29) is 52.7 Å². The molecule has 12 heteroatoms. The SMILES string of the molecule is O=P([O-])([O-])OP(=O)([O-])[O-].[Co+2].[Ni+2].[Zn]. The number of phosphoric acid groups is 2. The molecule has 1 radical (unpaired) electrons. The van der Waals surface area contributed by atoms with Crippen molar-refractivity contribution < 1.29 is 85.8 Å².